The van der Waals surface area contributed by atoms with Crippen LogP contribution < -0.4 is 5.32 Å². The van der Waals surface area contributed by atoms with Crippen LogP contribution in [0.15, 0.2) is 50.5 Å². The van der Waals surface area contributed by atoms with Crippen molar-refractivity contribution in [2.75, 3.05) is 11.1 Å². The predicted molar refractivity (Wildman–Crippen MR) is 117 cm³/mol. The lowest BCUT2D eigenvalue weighted by atomic mass is 10.1. The molecule has 0 unspecified atom stereocenters. The highest BCUT2D eigenvalue weighted by molar-refractivity contribution is 9.11. The number of aromatic nitrogens is 3. The minimum absolute atomic E-state index is 0.106. The number of carbonyl (C=O) groups is 1. The average Bonchev–Trinajstić information content (AvgIpc) is 2.97. The van der Waals surface area contributed by atoms with E-state index in [1.807, 2.05) is 55.8 Å². The van der Waals surface area contributed by atoms with E-state index in [1.54, 1.807) is 0 Å². The number of carbonyl (C=O) groups excluding carboxylic acids is 1. The Bertz CT molecular complexity index is 980. The molecule has 1 N–H and O–H groups in total. The highest BCUT2D eigenvalue weighted by Crippen LogP contribution is 2.32. The summed E-state index contributed by atoms with van der Waals surface area (Å²) in [5, 5.41) is 12.1. The maximum Gasteiger partial charge on any atom is 0.234 e. The Morgan fingerprint density at radius 3 is 2.48 bits per heavy atom. The van der Waals surface area contributed by atoms with Crippen LogP contribution in [0.4, 0.5) is 5.69 Å². The first kappa shape index (κ1) is 20.1. The molecule has 0 radical (unpaired) electrons. The summed E-state index contributed by atoms with van der Waals surface area (Å²) in [6.07, 6.45) is 0. The van der Waals surface area contributed by atoms with Crippen LogP contribution in [-0.4, -0.2) is 26.4 Å². The van der Waals surface area contributed by atoms with Crippen LogP contribution in [0.25, 0.3) is 11.4 Å². The van der Waals surface area contributed by atoms with Gasteiger partial charge < -0.3 is 9.88 Å². The number of thioether (sulfide) groups is 1. The number of anilines is 1. The van der Waals surface area contributed by atoms with E-state index in [0.717, 1.165) is 31.6 Å². The van der Waals surface area contributed by atoms with Gasteiger partial charge in [-0.05, 0) is 69.5 Å². The van der Waals surface area contributed by atoms with Crippen LogP contribution >= 0.6 is 43.6 Å². The molecule has 8 heteroatoms. The standard InChI is InChI=1S/C19H18Br2N4OS/c1-11-5-4-6-13(7-11)18-23-24-19(25(18)3)27-10-16(26)22-17-14(20)8-12(2)9-15(17)21/h4-9H,10H2,1-3H3,(H,22,26). The van der Waals surface area contributed by atoms with Gasteiger partial charge in [-0.2, -0.15) is 0 Å². The van der Waals surface area contributed by atoms with Gasteiger partial charge in [-0.1, -0.05) is 35.5 Å². The molecule has 0 aliphatic carbocycles. The van der Waals surface area contributed by atoms with Gasteiger partial charge in [-0.15, -0.1) is 10.2 Å². The summed E-state index contributed by atoms with van der Waals surface area (Å²) in [7, 11) is 1.91. The van der Waals surface area contributed by atoms with E-state index in [-0.39, 0.29) is 11.7 Å². The van der Waals surface area contributed by atoms with Crippen LogP contribution in [0.3, 0.4) is 0 Å². The van der Waals surface area contributed by atoms with Crippen molar-refractivity contribution >= 4 is 55.2 Å². The Hall–Kier alpha value is -1.64. The zero-order valence-electron chi connectivity index (χ0n) is 15.1. The molecule has 0 saturated heterocycles. The lowest BCUT2D eigenvalue weighted by Crippen LogP contribution is -2.15. The van der Waals surface area contributed by atoms with Crippen molar-refractivity contribution in [3.8, 4) is 11.4 Å². The second-order valence-electron chi connectivity index (χ2n) is 6.18. The Labute approximate surface area is 179 Å². The summed E-state index contributed by atoms with van der Waals surface area (Å²) in [6.45, 7) is 4.04. The first-order valence-corrected chi connectivity index (χ1v) is 10.8. The zero-order valence-corrected chi connectivity index (χ0v) is 19.1. The van der Waals surface area contributed by atoms with Crippen LogP contribution in [0.5, 0.6) is 0 Å². The normalized spacial score (nSPS) is 10.9. The third-order valence-corrected chi connectivity index (χ3v) is 6.17. The Balaban J connectivity index is 1.68. The van der Waals surface area contributed by atoms with Crippen LogP contribution in [0.2, 0.25) is 0 Å². The lowest BCUT2D eigenvalue weighted by molar-refractivity contribution is -0.113. The molecular weight excluding hydrogens is 492 g/mol. The van der Waals surface area contributed by atoms with Gasteiger partial charge in [-0.3, -0.25) is 4.79 Å². The third-order valence-electron chi connectivity index (χ3n) is 3.89. The molecule has 0 aliphatic rings. The summed E-state index contributed by atoms with van der Waals surface area (Å²) in [5.41, 5.74) is 4.00. The molecule has 1 aromatic heterocycles. The summed E-state index contributed by atoms with van der Waals surface area (Å²) >= 11 is 8.34. The number of nitrogens with one attached hydrogen (secondary N) is 1. The van der Waals surface area contributed by atoms with Crippen LogP contribution in [0, 0.1) is 13.8 Å². The van der Waals surface area contributed by atoms with E-state index in [9.17, 15) is 4.79 Å². The smallest absolute Gasteiger partial charge is 0.234 e. The Kier molecular flexibility index (Phi) is 6.39. The van der Waals surface area contributed by atoms with E-state index in [0.29, 0.717) is 5.16 Å². The number of benzene rings is 2. The molecule has 0 fully saturated rings. The summed E-state index contributed by atoms with van der Waals surface area (Å²) in [6, 6.07) is 12.0. The van der Waals surface area contributed by atoms with Crippen molar-refractivity contribution < 1.29 is 4.79 Å². The second kappa shape index (κ2) is 8.58. The molecule has 0 spiro atoms. The summed E-state index contributed by atoms with van der Waals surface area (Å²) in [4.78, 5) is 12.4. The SMILES string of the molecule is Cc1cccc(-c2nnc(SCC(=O)Nc3c(Br)cc(C)cc3Br)n2C)c1. The Morgan fingerprint density at radius 2 is 1.81 bits per heavy atom. The fourth-order valence-electron chi connectivity index (χ4n) is 2.60. The molecule has 1 heterocycles. The molecule has 27 heavy (non-hydrogen) atoms. The number of rotatable bonds is 5. The second-order valence-corrected chi connectivity index (χ2v) is 8.83. The van der Waals surface area contributed by atoms with Gasteiger partial charge in [-0.25, -0.2) is 0 Å². The minimum Gasteiger partial charge on any atom is -0.323 e. The van der Waals surface area contributed by atoms with Gasteiger partial charge in [0.15, 0.2) is 11.0 Å². The van der Waals surface area contributed by atoms with E-state index in [2.05, 4.69) is 53.4 Å². The molecular formula is C19H18Br2N4OS. The van der Waals surface area contributed by atoms with Gasteiger partial charge in [0.2, 0.25) is 5.91 Å². The molecule has 3 rings (SSSR count). The number of hydrogen-bond acceptors (Lipinski definition) is 4. The number of aryl methyl sites for hydroxylation is 2. The number of nitrogens with zero attached hydrogens (tertiary/aromatic N) is 3. The van der Waals surface area contributed by atoms with Crippen molar-refractivity contribution in [1.29, 1.82) is 0 Å². The summed E-state index contributed by atoms with van der Waals surface area (Å²) < 4.78 is 3.59. The van der Waals surface area contributed by atoms with E-state index >= 15 is 0 Å². The highest BCUT2D eigenvalue weighted by Gasteiger charge is 2.15. The molecule has 0 aliphatic heterocycles. The van der Waals surface area contributed by atoms with Gasteiger partial charge in [0.1, 0.15) is 0 Å². The maximum atomic E-state index is 12.4. The lowest BCUT2D eigenvalue weighted by Gasteiger charge is -2.10. The third kappa shape index (κ3) is 4.80. The molecule has 140 valence electrons. The molecule has 1 amide bonds. The fourth-order valence-corrected chi connectivity index (χ4v) is 4.93. The minimum atomic E-state index is -0.106. The van der Waals surface area contributed by atoms with E-state index in [1.165, 1.54) is 17.3 Å². The van der Waals surface area contributed by atoms with E-state index < -0.39 is 0 Å². The largest absolute Gasteiger partial charge is 0.323 e. The van der Waals surface area contributed by atoms with Crippen molar-refractivity contribution in [2.45, 2.75) is 19.0 Å². The first-order valence-electron chi connectivity index (χ1n) is 8.20. The quantitative estimate of drug-likeness (QED) is 0.470. The molecule has 3 aromatic rings. The topological polar surface area (TPSA) is 59.8 Å². The van der Waals surface area contributed by atoms with Crippen LogP contribution in [0.1, 0.15) is 11.1 Å². The van der Waals surface area contributed by atoms with Crippen molar-refractivity contribution in [2.24, 2.45) is 7.05 Å². The highest BCUT2D eigenvalue weighted by atomic mass is 79.9. The monoisotopic (exact) mass is 508 g/mol. The zero-order chi connectivity index (χ0) is 19.6. The average molecular weight is 510 g/mol. The number of amides is 1. The fraction of sp³-hybridized carbons (Fsp3) is 0.211. The maximum absolute atomic E-state index is 12.4. The first-order chi connectivity index (χ1) is 12.8. The van der Waals surface area contributed by atoms with Crippen molar-refractivity contribution in [3.05, 3.63) is 56.5 Å². The van der Waals surface area contributed by atoms with Crippen LogP contribution in [-0.2, 0) is 11.8 Å². The van der Waals surface area contributed by atoms with Gasteiger partial charge >= 0.3 is 0 Å². The van der Waals surface area contributed by atoms with E-state index in [4.69, 9.17) is 0 Å². The number of hydrogen-bond donors (Lipinski definition) is 1. The summed E-state index contributed by atoms with van der Waals surface area (Å²) in [5.74, 6) is 0.919. The van der Waals surface area contributed by atoms with Gasteiger partial charge in [0, 0.05) is 21.6 Å². The molecule has 5 nitrogen and oxygen atoms in total. The van der Waals surface area contributed by atoms with Crippen molar-refractivity contribution in [1.82, 2.24) is 14.8 Å². The number of halogens is 2. The van der Waals surface area contributed by atoms with Crippen molar-refractivity contribution in [3.63, 3.8) is 0 Å². The van der Waals surface area contributed by atoms with Gasteiger partial charge in [0.05, 0.1) is 11.4 Å². The molecule has 0 bridgehead atoms. The molecule has 2 aromatic carbocycles. The molecule has 0 atom stereocenters. The molecule has 0 saturated carbocycles. The Morgan fingerprint density at radius 1 is 1.11 bits per heavy atom. The van der Waals surface area contributed by atoms with Gasteiger partial charge in [0.25, 0.3) is 0 Å². The predicted octanol–water partition coefficient (Wildman–Crippen LogP) is 5.35.